The molecule has 0 saturated heterocycles. The van der Waals surface area contributed by atoms with E-state index in [1.807, 2.05) is 31.2 Å². The summed E-state index contributed by atoms with van der Waals surface area (Å²) < 4.78 is 6.94. The lowest BCUT2D eigenvalue weighted by atomic mass is 10.2. The number of ether oxygens (including phenoxy) is 1. The SMILES string of the molecule is COc1cccc(Cn2cnc(C(C)N)n2)c1. The lowest BCUT2D eigenvalue weighted by Crippen LogP contribution is -2.08. The molecular formula is C12H16N4O. The second kappa shape index (κ2) is 4.97. The van der Waals surface area contributed by atoms with Gasteiger partial charge in [0.25, 0.3) is 0 Å². The van der Waals surface area contributed by atoms with Crippen LogP contribution in [0.3, 0.4) is 0 Å². The van der Waals surface area contributed by atoms with Crippen LogP contribution in [0.4, 0.5) is 0 Å². The first-order valence-corrected chi connectivity index (χ1v) is 5.47. The second-order valence-electron chi connectivity index (χ2n) is 3.94. The van der Waals surface area contributed by atoms with Gasteiger partial charge in [-0.15, -0.1) is 0 Å². The molecule has 2 aromatic rings. The van der Waals surface area contributed by atoms with Crippen molar-refractivity contribution in [2.75, 3.05) is 7.11 Å². The molecule has 0 aliphatic heterocycles. The molecule has 2 rings (SSSR count). The van der Waals surface area contributed by atoms with Crippen molar-refractivity contribution in [1.29, 1.82) is 0 Å². The summed E-state index contributed by atoms with van der Waals surface area (Å²) in [7, 11) is 1.66. The van der Waals surface area contributed by atoms with Crippen LogP contribution >= 0.6 is 0 Å². The minimum Gasteiger partial charge on any atom is -0.497 e. The van der Waals surface area contributed by atoms with Crippen LogP contribution in [-0.4, -0.2) is 21.9 Å². The van der Waals surface area contributed by atoms with E-state index < -0.39 is 0 Å². The van der Waals surface area contributed by atoms with E-state index in [4.69, 9.17) is 10.5 Å². The van der Waals surface area contributed by atoms with Crippen molar-refractivity contribution < 1.29 is 4.74 Å². The Kier molecular flexibility index (Phi) is 3.39. The molecule has 2 N–H and O–H groups in total. The summed E-state index contributed by atoms with van der Waals surface area (Å²) in [6.45, 7) is 2.53. The second-order valence-corrected chi connectivity index (χ2v) is 3.94. The first-order valence-electron chi connectivity index (χ1n) is 5.47. The van der Waals surface area contributed by atoms with Gasteiger partial charge in [-0.3, -0.25) is 0 Å². The van der Waals surface area contributed by atoms with E-state index in [2.05, 4.69) is 10.1 Å². The van der Waals surface area contributed by atoms with Crippen molar-refractivity contribution in [2.24, 2.45) is 5.73 Å². The molecule has 17 heavy (non-hydrogen) atoms. The van der Waals surface area contributed by atoms with Gasteiger partial charge in [-0.05, 0) is 24.6 Å². The zero-order valence-corrected chi connectivity index (χ0v) is 10.00. The summed E-state index contributed by atoms with van der Waals surface area (Å²) in [5.41, 5.74) is 6.82. The average Bonchev–Trinajstić information content (AvgIpc) is 2.78. The van der Waals surface area contributed by atoms with Crippen molar-refractivity contribution in [3.8, 4) is 5.75 Å². The van der Waals surface area contributed by atoms with Crippen LogP contribution in [0.25, 0.3) is 0 Å². The van der Waals surface area contributed by atoms with Gasteiger partial charge in [0, 0.05) is 0 Å². The molecule has 1 atom stereocenters. The molecule has 1 unspecified atom stereocenters. The van der Waals surface area contributed by atoms with Crippen molar-refractivity contribution >= 4 is 0 Å². The molecule has 1 aromatic heterocycles. The van der Waals surface area contributed by atoms with E-state index in [-0.39, 0.29) is 6.04 Å². The standard InChI is InChI=1S/C12H16N4O/c1-9(13)12-14-8-16(15-12)7-10-4-3-5-11(6-10)17-2/h3-6,8-9H,7,13H2,1-2H3. The Labute approximate surface area is 100 Å². The Balaban J connectivity index is 2.13. The number of hydrogen-bond donors (Lipinski definition) is 1. The van der Waals surface area contributed by atoms with Crippen LogP contribution in [0.2, 0.25) is 0 Å². The van der Waals surface area contributed by atoms with Crippen LogP contribution < -0.4 is 10.5 Å². The molecule has 1 heterocycles. The quantitative estimate of drug-likeness (QED) is 0.864. The largest absolute Gasteiger partial charge is 0.497 e. The molecule has 5 heteroatoms. The number of nitrogens with two attached hydrogens (primary N) is 1. The van der Waals surface area contributed by atoms with E-state index in [1.54, 1.807) is 18.1 Å². The maximum Gasteiger partial charge on any atom is 0.166 e. The average molecular weight is 232 g/mol. The monoisotopic (exact) mass is 232 g/mol. The van der Waals surface area contributed by atoms with Gasteiger partial charge in [-0.1, -0.05) is 12.1 Å². The number of rotatable bonds is 4. The first kappa shape index (κ1) is 11.6. The normalized spacial score (nSPS) is 12.4. The van der Waals surface area contributed by atoms with Crippen LogP contribution in [0.15, 0.2) is 30.6 Å². The van der Waals surface area contributed by atoms with Gasteiger partial charge in [0.05, 0.1) is 19.7 Å². The highest BCUT2D eigenvalue weighted by Gasteiger charge is 2.05. The molecular weight excluding hydrogens is 216 g/mol. The number of hydrogen-bond acceptors (Lipinski definition) is 4. The smallest absolute Gasteiger partial charge is 0.166 e. The van der Waals surface area contributed by atoms with E-state index in [0.29, 0.717) is 12.4 Å². The first-order chi connectivity index (χ1) is 8.19. The third kappa shape index (κ3) is 2.82. The number of aromatic nitrogens is 3. The van der Waals surface area contributed by atoms with E-state index in [1.165, 1.54) is 0 Å². The van der Waals surface area contributed by atoms with Gasteiger partial charge in [0.2, 0.25) is 0 Å². The molecule has 1 aromatic carbocycles. The molecule has 0 radical (unpaired) electrons. The predicted molar refractivity (Wildman–Crippen MR) is 64.7 cm³/mol. The van der Waals surface area contributed by atoms with Crippen LogP contribution in [0.1, 0.15) is 24.4 Å². The third-order valence-corrected chi connectivity index (χ3v) is 2.44. The minimum atomic E-state index is -0.137. The third-order valence-electron chi connectivity index (χ3n) is 2.44. The fourth-order valence-corrected chi connectivity index (χ4v) is 1.55. The van der Waals surface area contributed by atoms with Gasteiger partial charge in [-0.2, -0.15) is 5.10 Å². The molecule has 0 bridgehead atoms. The highest BCUT2D eigenvalue weighted by molar-refractivity contribution is 5.28. The van der Waals surface area contributed by atoms with Crippen molar-refractivity contribution in [3.05, 3.63) is 42.0 Å². The summed E-state index contributed by atoms with van der Waals surface area (Å²) in [6.07, 6.45) is 1.69. The Hall–Kier alpha value is -1.88. The van der Waals surface area contributed by atoms with Gasteiger partial charge >= 0.3 is 0 Å². The number of methoxy groups -OCH3 is 1. The molecule has 0 fully saturated rings. The lowest BCUT2D eigenvalue weighted by molar-refractivity contribution is 0.414. The molecule has 0 spiro atoms. The summed E-state index contributed by atoms with van der Waals surface area (Å²) in [5, 5.41) is 4.30. The van der Waals surface area contributed by atoms with Gasteiger partial charge in [0.1, 0.15) is 12.1 Å². The van der Waals surface area contributed by atoms with Crippen LogP contribution in [0.5, 0.6) is 5.75 Å². The summed E-state index contributed by atoms with van der Waals surface area (Å²) in [5.74, 6) is 1.50. The van der Waals surface area contributed by atoms with E-state index in [0.717, 1.165) is 11.3 Å². The van der Waals surface area contributed by atoms with E-state index in [9.17, 15) is 0 Å². The van der Waals surface area contributed by atoms with E-state index >= 15 is 0 Å². The highest BCUT2D eigenvalue weighted by Crippen LogP contribution is 2.13. The Morgan fingerprint density at radius 3 is 2.94 bits per heavy atom. The Morgan fingerprint density at radius 1 is 1.47 bits per heavy atom. The summed E-state index contributed by atoms with van der Waals surface area (Å²) in [6, 6.07) is 7.74. The van der Waals surface area contributed by atoms with Gasteiger partial charge in [-0.25, -0.2) is 9.67 Å². The summed E-state index contributed by atoms with van der Waals surface area (Å²) >= 11 is 0. The van der Waals surface area contributed by atoms with Crippen molar-refractivity contribution in [3.63, 3.8) is 0 Å². The minimum absolute atomic E-state index is 0.137. The summed E-state index contributed by atoms with van der Waals surface area (Å²) in [4.78, 5) is 4.15. The van der Waals surface area contributed by atoms with Gasteiger partial charge in [0.15, 0.2) is 5.82 Å². The maximum absolute atomic E-state index is 5.71. The zero-order chi connectivity index (χ0) is 12.3. The Bertz CT molecular complexity index is 493. The number of nitrogens with zero attached hydrogens (tertiary/aromatic N) is 3. The lowest BCUT2D eigenvalue weighted by Gasteiger charge is -2.04. The fraction of sp³-hybridized carbons (Fsp3) is 0.333. The van der Waals surface area contributed by atoms with Gasteiger partial charge < -0.3 is 10.5 Å². The molecule has 0 aliphatic carbocycles. The fourth-order valence-electron chi connectivity index (χ4n) is 1.55. The van der Waals surface area contributed by atoms with Crippen LogP contribution in [-0.2, 0) is 6.54 Å². The molecule has 0 aliphatic rings. The Morgan fingerprint density at radius 2 is 2.29 bits per heavy atom. The predicted octanol–water partition coefficient (Wildman–Crippen LogP) is 1.35. The van der Waals surface area contributed by atoms with Crippen molar-refractivity contribution in [2.45, 2.75) is 19.5 Å². The molecule has 0 amide bonds. The zero-order valence-electron chi connectivity index (χ0n) is 10.00. The topological polar surface area (TPSA) is 66.0 Å². The maximum atomic E-state index is 5.71. The van der Waals surface area contributed by atoms with Crippen LogP contribution in [0, 0.1) is 0 Å². The molecule has 0 saturated carbocycles. The number of benzene rings is 1. The molecule has 5 nitrogen and oxygen atoms in total. The van der Waals surface area contributed by atoms with Crippen molar-refractivity contribution in [1.82, 2.24) is 14.8 Å². The molecule has 90 valence electrons. The highest BCUT2D eigenvalue weighted by atomic mass is 16.5.